The molecule has 1 aliphatic heterocycles. The Bertz CT molecular complexity index is 735. The van der Waals surface area contributed by atoms with Gasteiger partial charge in [-0.15, -0.1) is 0 Å². The second kappa shape index (κ2) is 7.15. The van der Waals surface area contributed by atoms with Crippen LogP contribution in [-0.4, -0.2) is 47.8 Å². The van der Waals surface area contributed by atoms with Crippen molar-refractivity contribution in [1.29, 1.82) is 0 Å². The molecule has 0 aliphatic carbocycles. The topological polar surface area (TPSA) is 62.2 Å². The number of aromatic nitrogens is 2. The Kier molecular flexibility index (Phi) is 4.97. The van der Waals surface area contributed by atoms with Gasteiger partial charge >= 0.3 is 0 Å². The minimum absolute atomic E-state index is 0.0626. The predicted molar refractivity (Wildman–Crippen MR) is 95.9 cm³/mol. The van der Waals surface area contributed by atoms with E-state index in [-0.39, 0.29) is 5.91 Å². The van der Waals surface area contributed by atoms with Crippen LogP contribution in [0, 0.1) is 0 Å². The van der Waals surface area contributed by atoms with Crippen LogP contribution in [0.5, 0.6) is 0 Å². The van der Waals surface area contributed by atoms with Gasteiger partial charge in [0.15, 0.2) is 0 Å². The van der Waals surface area contributed by atoms with Gasteiger partial charge in [0.2, 0.25) is 5.91 Å². The van der Waals surface area contributed by atoms with E-state index >= 15 is 0 Å². The zero-order chi connectivity index (χ0) is 17.1. The Hall–Kier alpha value is -2.18. The van der Waals surface area contributed by atoms with E-state index < -0.39 is 0 Å². The third kappa shape index (κ3) is 3.66. The summed E-state index contributed by atoms with van der Waals surface area (Å²) in [4.78, 5) is 13.5. The summed E-state index contributed by atoms with van der Waals surface area (Å²) in [6.45, 7) is 5.21. The van der Waals surface area contributed by atoms with Crippen LogP contribution >= 0.6 is 0 Å². The molecule has 3 rings (SSSR count). The summed E-state index contributed by atoms with van der Waals surface area (Å²) in [6.07, 6.45) is 1.00. The van der Waals surface area contributed by atoms with Gasteiger partial charge in [-0.25, -0.2) is 0 Å². The van der Waals surface area contributed by atoms with Gasteiger partial charge in [0.1, 0.15) is 0 Å². The molecular formula is C18H25N5O. The van der Waals surface area contributed by atoms with Crippen LogP contribution in [0.4, 0.5) is 5.69 Å². The summed E-state index contributed by atoms with van der Waals surface area (Å²) in [5, 5.41) is 11.2. The molecule has 1 amide bonds. The molecule has 2 heterocycles. The second-order valence-corrected chi connectivity index (χ2v) is 6.49. The van der Waals surface area contributed by atoms with E-state index in [4.69, 9.17) is 5.10 Å². The van der Waals surface area contributed by atoms with Crippen LogP contribution in [0.15, 0.2) is 24.3 Å². The summed E-state index contributed by atoms with van der Waals surface area (Å²) in [6, 6.07) is 7.91. The highest BCUT2D eigenvalue weighted by Crippen LogP contribution is 2.29. The van der Waals surface area contributed by atoms with E-state index in [1.165, 1.54) is 18.2 Å². The number of carbonyl (C=O) groups is 1. The Morgan fingerprint density at radius 1 is 1.42 bits per heavy atom. The highest BCUT2D eigenvalue weighted by atomic mass is 16.1. The second-order valence-electron chi connectivity index (χ2n) is 6.49. The number of anilines is 1. The molecular weight excluding hydrogens is 302 g/mol. The summed E-state index contributed by atoms with van der Waals surface area (Å²) in [5.41, 5.74) is 5.48. The first-order valence-electron chi connectivity index (χ1n) is 8.36. The van der Waals surface area contributed by atoms with Crippen LogP contribution in [0.1, 0.15) is 18.2 Å². The van der Waals surface area contributed by atoms with Crippen LogP contribution in [0.25, 0.3) is 11.3 Å². The molecule has 2 N–H and O–H groups in total. The molecule has 0 radical (unpaired) electrons. The molecule has 0 fully saturated rings. The van der Waals surface area contributed by atoms with E-state index in [9.17, 15) is 4.79 Å². The van der Waals surface area contributed by atoms with Crippen molar-refractivity contribution in [1.82, 2.24) is 20.0 Å². The predicted octanol–water partition coefficient (Wildman–Crippen LogP) is 1.72. The number of fused-ring (bicyclic) bond motifs is 1. The zero-order valence-corrected chi connectivity index (χ0v) is 14.6. The number of hydrogen-bond donors (Lipinski definition) is 2. The largest absolute Gasteiger partial charge is 0.326 e. The van der Waals surface area contributed by atoms with Crippen LogP contribution in [0.2, 0.25) is 0 Å². The average Bonchev–Trinajstić information content (AvgIpc) is 2.91. The molecule has 1 aromatic heterocycles. The van der Waals surface area contributed by atoms with Gasteiger partial charge in [-0.3, -0.25) is 9.48 Å². The molecule has 0 spiro atoms. The lowest BCUT2D eigenvalue weighted by Crippen LogP contribution is -2.26. The quantitative estimate of drug-likeness (QED) is 0.878. The van der Waals surface area contributed by atoms with Crippen molar-refractivity contribution in [3.05, 3.63) is 35.5 Å². The van der Waals surface area contributed by atoms with Crippen molar-refractivity contribution in [2.45, 2.75) is 26.4 Å². The lowest BCUT2D eigenvalue weighted by atomic mass is 10.0. The molecule has 128 valence electrons. The number of rotatable bonds is 5. The van der Waals surface area contributed by atoms with E-state index in [1.54, 1.807) is 0 Å². The van der Waals surface area contributed by atoms with Crippen LogP contribution in [-0.2, 0) is 24.3 Å². The third-order valence-electron chi connectivity index (χ3n) is 4.22. The van der Waals surface area contributed by atoms with Gasteiger partial charge in [-0.2, -0.15) is 5.10 Å². The summed E-state index contributed by atoms with van der Waals surface area (Å²) < 4.78 is 2.15. The molecule has 1 aromatic carbocycles. The lowest BCUT2D eigenvalue weighted by Gasteiger charge is -2.17. The smallest absolute Gasteiger partial charge is 0.221 e. The molecule has 0 bridgehead atoms. The van der Waals surface area contributed by atoms with Gasteiger partial charge in [0.05, 0.1) is 12.2 Å². The lowest BCUT2D eigenvalue weighted by molar-refractivity contribution is -0.114. The first kappa shape index (κ1) is 16.7. The maximum atomic E-state index is 11.3. The third-order valence-corrected chi connectivity index (χ3v) is 4.22. The van der Waals surface area contributed by atoms with E-state index in [0.717, 1.165) is 49.5 Å². The zero-order valence-electron chi connectivity index (χ0n) is 14.6. The number of hydrogen-bond acceptors (Lipinski definition) is 4. The first-order chi connectivity index (χ1) is 11.5. The minimum Gasteiger partial charge on any atom is -0.326 e. The van der Waals surface area contributed by atoms with Crippen molar-refractivity contribution < 1.29 is 4.79 Å². The SMILES string of the molecule is CC(=O)Nc1cccc(-c2nn(CCN(C)C)c3c2CNCC3)c1. The minimum atomic E-state index is -0.0626. The first-order valence-corrected chi connectivity index (χ1v) is 8.36. The highest BCUT2D eigenvalue weighted by molar-refractivity contribution is 5.89. The van der Waals surface area contributed by atoms with Crippen LogP contribution in [0.3, 0.4) is 0 Å². The van der Waals surface area contributed by atoms with Crippen molar-refractivity contribution in [2.75, 3.05) is 32.5 Å². The van der Waals surface area contributed by atoms with Gasteiger partial charge in [-0.1, -0.05) is 12.1 Å². The maximum absolute atomic E-state index is 11.3. The average molecular weight is 327 g/mol. The van der Waals surface area contributed by atoms with Crippen molar-refractivity contribution in [2.24, 2.45) is 0 Å². The number of nitrogens with one attached hydrogen (secondary N) is 2. The van der Waals surface area contributed by atoms with Gasteiger partial charge in [0, 0.05) is 55.5 Å². The van der Waals surface area contributed by atoms with E-state index in [2.05, 4.69) is 40.4 Å². The van der Waals surface area contributed by atoms with Gasteiger partial charge in [0.25, 0.3) is 0 Å². The number of nitrogens with zero attached hydrogens (tertiary/aromatic N) is 3. The molecule has 6 nitrogen and oxygen atoms in total. The molecule has 6 heteroatoms. The van der Waals surface area contributed by atoms with Crippen molar-refractivity contribution >= 4 is 11.6 Å². The standard InChI is InChI=1S/C18H25N5O/c1-13(24)20-15-6-4-5-14(11-15)18-16-12-19-8-7-17(16)23(21-18)10-9-22(2)3/h4-6,11,19H,7-10,12H2,1-3H3,(H,20,24). The molecule has 0 unspecified atom stereocenters. The molecule has 1 aliphatic rings. The fourth-order valence-corrected chi connectivity index (χ4v) is 3.08. The normalized spacial score (nSPS) is 13.8. The Balaban J connectivity index is 1.97. The highest BCUT2D eigenvalue weighted by Gasteiger charge is 2.21. The van der Waals surface area contributed by atoms with Crippen molar-refractivity contribution in [3.8, 4) is 11.3 Å². The van der Waals surface area contributed by atoms with Gasteiger partial charge in [-0.05, 0) is 26.2 Å². The molecule has 2 aromatic rings. The molecule has 0 saturated heterocycles. The monoisotopic (exact) mass is 327 g/mol. The number of amides is 1. The number of carbonyl (C=O) groups excluding carboxylic acids is 1. The fourth-order valence-electron chi connectivity index (χ4n) is 3.08. The molecule has 24 heavy (non-hydrogen) atoms. The number of likely N-dealkylation sites (N-methyl/N-ethyl adjacent to an activating group) is 1. The Morgan fingerprint density at radius 2 is 2.25 bits per heavy atom. The maximum Gasteiger partial charge on any atom is 0.221 e. The van der Waals surface area contributed by atoms with E-state index in [1.807, 2.05) is 18.2 Å². The van der Waals surface area contributed by atoms with Gasteiger partial charge < -0.3 is 15.5 Å². The summed E-state index contributed by atoms with van der Waals surface area (Å²) >= 11 is 0. The summed E-state index contributed by atoms with van der Waals surface area (Å²) in [5.74, 6) is -0.0626. The fraction of sp³-hybridized carbons (Fsp3) is 0.444. The Labute approximate surface area is 142 Å². The number of benzene rings is 1. The molecule has 0 saturated carbocycles. The molecule has 0 atom stereocenters. The van der Waals surface area contributed by atoms with E-state index in [0.29, 0.717) is 0 Å². The van der Waals surface area contributed by atoms with Crippen molar-refractivity contribution in [3.63, 3.8) is 0 Å². The van der Waals surface area contributed by atoms with Crippen LogP contribution < -0.4 is 10.6 Å². The Morgan fingerprint density at radius 3 is 3.00 bits per heavy atom. The summed E-state index contributed by atoms with van der Waals surface area (Å²) in [7, 11) is 4.16.